The standard InChI is InChI=1S/C20H21N5O2/c1-24(19(26)15-9-5-3-6-10-15)22-17-13-14-18(21-17)23-25(2)20(27)16-11-7-4-8-12-16/h3-14,21-23H,1-2H3. The first kappa shape index (κ1) is 18.1. The second-order valence-electron chi connectivity index (χ2n) is 5.97. The number of nitrogens with zero attached hydrogens (tertiary/aromatic N) is 2. The third-order valence-electron chi connectivity index (χ3n) is 3.91. The van der Waals surface area contributed by atoms with Crippen molar-refractivity contribution in [2.75, 3.05) is 24.9 Å². The van der Waals surface area contributed by atoms with Gasteiger partial charge in [-0.25, -0.2) is 0 Å². The van der Waals surface area contributed by atoms with E-state index in [2.05, 4.69) is 15.8 Å². The van der Waals surface area contributed by atoms with Gasteiger partial charge in [0.05, 0.1) is 0 Å². The quantitative estimate of drug-likeness (QED) is 0.588. The molecule has 0 saturated heterocycles. The molecule has 0 unspecified atom stereocenters. The number of amides is 2. The summed E-state index contributed by atoms with van der Waals surface area (Å²) in [7, 11) is 3.29. The van der Waals surface area contributed by atoms with Crippen molar-refractivity contribution in [1.82, 2.24) is 15.0 Å². The Kier molecular flexibility index (Phi) is 5.41. The minimum Gasteiger partial charge on any atom is -0.326 e. The smallest absolute Gasteiger partial charge is 0.271 e. The van der Waals surface area contributed by atoms with Crippen molar-refractivity contribution in [3.05, 3.63) is 83.9 Å². The number of aromatic nitrogens is 1. The van der Waals surface area contributed by atoms with Crippen molar-refractivity contribution in [3.8, 4) is 0 Å². The predicted molar refractivity (Wildman–Crippen MR) is 105 cm³/mol. The molecule has 0 spiro atoms. The number of nitrogens with one attached hydrogen (secondary N) is 3. The second-order valence-corrected chi connectivity index (χ2v) is 5.97. The number of carbonyl (C=O) groups is 2. The Balaban J connectivity index is 1.60. The van der Waals surface area contributed by atoms with Crippen molar-refractivity contribution in [3.63, 3.8) is 0 Å². The van der Waals surface area contributed by atoms with E-state index >= 15 is 0 Å². The number of benzene rings is 2. The minimum atomic E-state index is -0.156. The monoisotopic (exact) mass is 363 g/mol. The van der Waals surface area contributed by atoms with Gasteiger partial charge in [-0.1, -0.05) is 36.4 Å². The molecule has 2 aromatic carbocycles. The van der Waals surface area contributed by atoms with Crippen LogP contribution in [0.15, 0.2) is 72.8 Å². The predicted octanol–water partition coefficient (Wildman–Crippen LogP) is 3.21. The Bertz CT molecular complexity index is 834. The van der Waals surface area contributed by atoms with Crippen LogP contribution in [0.1, 0.15) is 20.7 Å². The van der Waals surface area contributed by atoms with Gasteiger partial charge in [0.1, 0.15) is 11.6 Å². The zero-order valence-electron chi connectivity index (χ0n) is 15.1. The van der Waals surface area contributed by atoms with Crippen LogP contribution in [0.4, 0.5) is 11.6 Å². The Labute approximate surface area is 157 Å². The summed E-state index contributed by atoms with van der Waals surface area (Å²) >= 11 is 0. The summed E-state index contributed by atoms with van der Waals surface area (Å²) in [5.41, 5.74) is 7.14. The summed E-state index contributed by atoms with van der Waals surface area (Å²) in [6, 6.07) is 21.6. The maximum atomic E-state index is 12.4. The highest BCUT2D eigenvalue weighted by Crippen LogP contribution is 2.15. The van der Waals surface area contributed by atoms with Crippen molar-refractivity contribution >= 4 is 23.5 Å². The second kappa shape index (κ2) is 8.09. The van der Waals surface area contributed by atoms with Gasteiger partial charge in [-0.3, -0.25) is 30.5 Å². The van der Waals surface area contributed by atoms with Gasteiger partial charge in [-0.05, 0) is 36.4 Å². The summed E-state index contributed by atoms with van der Waals surface area (Å²) in [6.45, 7) is 0. The fraction of sp³-hybridized carbons (Fsp3) is 0.100. The lowest BCUT2D eigenvalue weighted by Gasteiger charge is -2.20. The van der Waals surface area contributed by atoms with Gasteiger partial charge in [0, 0.05) is 25.2 Å². The highest BCUT2D eigenvalue weighted by atomic mass is 16.2. The van der Waals surface area contributed by atoms with Gasteiger partial charge in [0.15, 0.2) is 0 Å². The maximum absolute atomic E-state index is 12.4. The fourth-order valence-electron chi connectivity index (χ4n) is 2.54. The first-order valence-electron chi connectivity index (χ1n) is 8.43. The van der Waals surface area contributed by atoms with E-state index in [1.165, 1.54) is 10.0 Å². The molecule has 3 rings (SSSR count). The maximum Gasteiger partial charge on any atom is 0.271 e. The van der Waals surface area contributed by atoms with Gasteiger partial charge in [0.25, 0.3) is 11.8 Å². The van der Waals surface area contributed by atoms with E-state index in [1.807, 2.05) is 36.4 Å². The van der Waals surface area contributed by atoms with Crippen molar-refractivity contribution in [1.29, 1.82) is 0 Å². The molecule has 7 heteroatoms. The summed E-state index contributed by atoms with van der Waals surface area (Å²) in [5, 5.41) is 2.79. The van der Waals surface area contributed by atoms with Gasteiger partial charge < -0.3 is 4.98 Å². The molecular formula is C20H21N5O2. The van der Waals surface area contributed by atoms with E-state index in [0.29, 0.717) is 22.8 Å². The molecule has 0 aliphatic heterocycles. The fourth-order valence-corrected chi connectivity index (χ4v) is 2.54. The number of rotatable bonds is 6. The van der Waals surface area contributed by atoms with Gasteiger partial charge in [-0.2, -0.15) is 0 Å². The van der Waals surface area contributed by atoms with Crippen molar-refractivity contribution in [2.45, 2.75) is 0 Å². The normalized spacial score (nSPS) is 10.1. The zero-order valence-corrected chi connectivity index (χ0v) is 15.1. The minimum absolute atomic E-state index is 0.156. The lowest BCUT2D eigenvalue weighted by molar-refractivity contribution is 0.0819. The van der Waals surface area contributed by atoms with Crippen LogP contribution in [0.2, 0.25) is 0 Å². The van der Waals surface area contributed by atoms with Gasteiger partial charge in [0.2, 0.25) is 0 Å². The molecule has 1 heterocycles. The van der Waals surface area contributed by atoms with E-state index in [9.17, 15) is 9.59 Å². The van der Waals surface area contributed by atoms with E-state index in [-0.39, 0.29) is 11.8 Å². The molecule has 2 amide bonds. The Morgan fingerprint density at radius 3 is 1.41 bits per heavy atom. The van der Waals surface area contributed by atoms with Crippen LogP contribution in [0.25, 0.3) is 0 Å². The molecule has 7 nitrogen and oxygen atoms in total. The molecule has 27 heavy (non-hydrogen) atoms. The Hall–Kier alpha value is -3.74. The van der Waals surface area contributed by atoms with Crippen LogP contribution < -0.4 is 10.9 Å². The molecule has 3 N–H and O–H groups in total. The number of aromatic amines is 1. The van der Waals surface area contributed by atoms with E-state index < -0.39 is 0 Å². The van der Waals surface area contributed by atoms with E-state index in [4.69, 9.17) is 0 Å². The Morgan fingerprint density at radius 2 is 1.04 bits per heavy atom. The first-order valence-corrected chi connectivity index (χ1v) is 8.43. The largest absolute Gasteiger partial charge is 0.326 e. The first-order chi connectivity index (χ1) is 13.0. The lowest BCUT2D eigenvalue weighted by atomic mass is 10.2. The SMILES string of the molecule is CN(Nc1ccc(NN(C)C(=O)c2ccccc2)[nH]1)C(=O)c1ccccc1. The number of hydrazine groups is 2. The highest BCUT2D eigenvalue weighted by Gasteiger charge is 2.14. The van der Waals surface area contributed by atoms with E-state index in [1.54, 1.807) is 50.5 Å². The summed E-state index contributed by atoms with van der Waals surface area (Å²) in [4.78, 5) is 27.8. The average Bonchev–Trinajstić information content (AvgIpc) is 3.14. The van der Waals surface area contributed by atoms with Gasteiger partial charge >= 0.3 is 0 Å². The molecule has 3 aromatic rings. The molecule has 1 aromatic heterocycles. The Morgan fingerprint density at radius 1 is 0.667 bits per heavy atom. The number of carbonyl (C=O) groups excluding carboxylic acids is 2. The molecule has 0 aliphatic carbocycles. The highest BCUT2D eigenvalue weighted by molar-refractivity contribution is 5.95. The van der Waals surface area contributed by atoms with Crippen LogP contribution in [0.3, 0.4) is 0 Å². The molecular weight excluding hydrogens is 342 g/mol. The summed E-state index contributed by atoms with van der Waals surface area (Å²) < 4.78 is 0. The number of hydrogen-bond donors (Lipinski definition) is 3. The summed E-state index contributed by atoms with van der Waals surface area (Å²) in [6.07, 6.45) is 0. The topological polar surface area (TPSA) is 80.5 Å². The van der Waals surface area contributed by atoms with Crippen LogP contribution >= 0.6 is 0 Å². The van der Waals surface area contributed by atoms with E-state index in [0.717, 1.165) is 0 Å². The van der Waals surface area contributed by atoms with Gasteiger partial charge in [-0.15, -0.1) is 0 Å². The molecule has 0 aliphatic rings. The van der Waals surface area contributed by atoms with Crippen LogP contribution in [-0.4, -0.2) is 40.9 Å². The third kappa shape index (κ3) is 4.46. The van der Waals surface area contributed by atoms with Crippen molar-refractivity contribution < 1.29 is 9.59 Å². The number of hydrogen-bond acceptors (Lipinski definition) is 4. The number of anilines is 2. The van der Waals surface area contributed by atoms with Crippen LogP contribution in [0, 0.1) is 0 Å². The molecule has 0 radical (unpaired) electrons. The zero-order chi connectivity index (χ0) is 19.2. The average molecular weight is 363 g/mol. The molecule has 138 valence electrons. The van der Waals surface area contributed by atoms with Crippen LogP contribution in [-0.2, 0) is 0 Å². The molecule has 0 fully saturated rings. The lowest BCUT2D eigenvalue weighted by Crippen LogP contribution is -2.33. The van der Waals surface area contributed by atoms with Crippen molar-refractivity contribution in [2.24, 2.45) is 0 Å². The van der Waals surface area contributed by atoms with Crippen LogP contribution in [0.5, 0.6) is 0 Å². The summed E-state index contributed by atoms with van der Waals surface area (Å²) in [5.74, 6) is 0.918. The number of H-pyrrole nitrogens is 1. The third-order valence-corrected chi connectivity index (χ3v) is 3.91. The molecule has 0 bridgehead atoms. The molecule has 0 saturated carbocycles. The molecule has 0 atom stereocenters.